The zero-order valence-electron chi connectivity index (χ0n) is 11.1. The molecule has 0 unspecified atom stereocenters. The second-order valence-electron chi connectivity index (χ2n) is 4.18. The van der Waals surface area contributed by atoms with Gasteiger partial charge in [-0.1, -0.05) is 11.8 Å². The first-order chi connectivity index (χ1) is 9.69. The average Bonchev–Trinajstić information content (AvgIpc) is 3.06. The third kappa shape index (κ3) is 3.95. The lowest BCUT2D eigenvalue weighted by atomic mass is 10.2. The second kappa shape index (κ2) is 6.89. The zero-order valence-corrected chi connectivity index (χ0v) is 11.9. The van der Waals surface area contributed by atoms with Crippen molar-refractivity contribution < 1.29 is 9.90 Å². The number of nitrogens with one attached hydrogen (secondary N) is 1. The van der Waals surface area contributed by atoms with Gasteiger partial charge in [-0.05, 0) is 6.07 Å². The van der Waals surface area contributed by atoms with Gasteiger partial charge < -0.3 is 10.4 Å². The number of aryl methyl sites for hydroxylation is 1. The van der Waals surface area contributed by atoms with E-state index in [1.54, 1.807) is 22.3 Å². The molecule has 0 radical (unpaired) electrons. The van der Waals surface area contributed by atoms with Gasteiger partial charge in [0.15, 0.2) is 0 Å². The summed E-state index contributed by atoms with van der Waals surface area (Å²) in [7, 11) is 1.83. The zero-order chi connectivity index (χ0) is 14.4. The molecule has 0 aliphatic heterocycles. The molecular formula is C14H15N3O2S. The van der Waals surface area contributed by atoms with Crippen LogP contribution in [0.5, 0.6) is 0 Å². The van der Waals surface area contributed by atoms with Crippen molar-refractivity contribution in [3.8, 4) is 11.8 Å². The number of aliphatic hydroxyl groups is 1. The minimum absolute atomic E-state index is 0.0524. The Hall–Kier alpha value is -2.10. The molecule has 6 heteroatoms. The first-order valence-corrected chi connectivity index (χ1v) is 7.01. The fourth-order valence-electron chi connectivity index (χ4n) is 1.57. The lowest BCUT2D eigenvalue weighted by molar-refractivity contribution is 0.0951. The van der Waals surface area contributed by atoms with E-state index in [1.807, 2.05) is 13.2 Å². The van der Waals surface area contributed by atoms with Crippen molar-refractivity contribution in [2.45, 2.75) is 13.0 Å². The summed E-state index contributed by atoms with van der Waals surface area (Å²) >= 11 is 1.42. The summed E-state index contributed by atoms with van der Waals surface area (Å²) in [6, 6.07) is 1.76. The predicted octanol–water partition coefficient (Wildman–Crippen LogP) is 1.15. The van der Waals surface area contributed by atoms with Gasteiger partial charge in [-0.25, -0.2) is 0 Å². The summed E-state index contributed by atoms with van der Waals surface area (Å²) in [5, 5.41) is 17.3. The SMILES string of the molecule is Cn1cc(CNC(=O)c2csc(C#CCCO)c2)cn1. The van der Waals surface area contributed by atoms with Crippen LogP contribution < -0.4 is 5.32 Å². The predicted molar refractivity (Wildman–Crippen MR) is 77.3 cm³/mol. The van der Waals surface area contributed by atoms with E-state index >= 15 is 0 Å². The molecular weight excluding hydrogens is 274 g/mol. The van der Waals surface area contributed by atoms with Crippen LogP contribution in [0.1, 0.15) is 27.2 Å². The smallest absolute Gasteiger partial charge is 0.252 e. The van der Waals surface area contributed by atoms with Crippen LogP contribution in [0.2, 0.25) is 0 Å². The van der Waals surface area contributed by atoms with E-state index < -0.39 is 0 Å². The first kappa shape index (κ1) is 14.3. The van der Waals surface area contributed by atoms with Crippen LogP contribution in [-0.2, 0) is 13.6 Å². The van der Waals surface area contributed by atoms with Gasteiger partial charge in [-0.3, -0.25) is 9.48 Å². The van der Waals surface area contributed by atoms with E-state index in [2.05, 4.69) is 22.3 Å². The van der Waals surface area contributed by atoms with E-state index in [9.17, 15) is 4.79 Å². The Balaban J connectivity index is 1.91. The summed E-state index contributed by atoms with van der Waals surface area (Å²) in [5.41, 5.74) is 1.56. The standard InChI is InChI=1S/C14H15N3O2S/c1-17-9-11(8-16-17)7-15-14(19)12-6-13(20-10-12)4-2-3-5-18/h6,8-10,18H,3,5,7H2,1H3,(H,15,19). The van der Waals surface area contributed by atoms with Crippen LogP contribution in [0.25, 0.3) is 0 Å². The van der Waals surface area contributed by atoms with Crippen molar-refractivity contribution in [3.63, 3.8) is 0 Å². The Bertz CT molecular complexity index is 649. The quantitative estimate of drug-likeness (QED) is 0.830. The van der Waals surface area contributed by atoms with Crippen LogP contribution >= 0.6 is 11.3 Å². The molecule has 0 saturated carbocycles. The van der Waals surface area contributed by atoms with Gasteiger partial charge >= 0.3 is 0 Å². The number of hydrogen-bond acceptors (Lipinski definition) is 4. The summed E-state index contributed by atoms with van der Waals surface area (Å²) in [5.74, 6) is 5.62. The monoisotopic (exact) mass is 289 g/mol. The molecule has 0 aromatic carbocycles. The van der Waals surface area contributed by atoms with Crippen LogP contribution in [-0.4, -0.2) is 27.4 Å². The topological polar surface area (TPSA) is 67.2 Å². The highest BCUT2D eigenvalue weighted by molar-refractivity contribution is 7.10. The molecule has 0 bridgehead atoms. The Labute approximate surface area is 121 Å². The molecule has 20 heavy (non-hydrogen) atoms. The third-order valence-corrected chi connectivity index (χ3v) is 3.37. The maximum atomic E-state index is 11.9. The van der Waals surface area contributed by atoms with E-state index in [0.717, 1.165) is 10.4 Å². The van der Waals surface area contributed by atoms with Crippen LogP contribution in [0.3, 0.4) is 0 Å². The summed E-state index contributed by atoms with van der Waals surface area (Å²) < 4.78 is 1.70. The number of carbonyl (C=O) groups is 1. The molecule has 2 aromatic rings. The third-order valence-electron chi connectivity index (χ3n) is 2.52. The molecule has 0 aliphatic rings. The minimum Gasteiger partial charge on any atom is -0.395 e. The molecule has 1 amide bonds. The van der Waals surface area contributed by atoms with Gasteiger partial charge in [0.2, 0.25) is 0 Å². The Kier molecular flexibility index (Phi) is 4.93. The number of amides is 1. The Morgan fingerprint density at radius 1 is 1.60 bits per heavy atom. The van der Waals surface area contributed by atoms with E-state index in [-0.39, 0.29) is 12.5 Å². The molecule has 5 nitrogen and oxygen atoms in total. The van der Waals surface area contributed by atoms with E-state index in [1.165, 1.54) is 11.3 Å². The van der Waals surface area contributed by atoms with Crippen molar-refractivity contribution in [3.05, 3.63) is 39.8 Å². The molecule has 0 aliphatic carbocycles. The number of thiophene rings is 1. The van der Waals surface area contributed by atoms with Crippen molar-refractivity contribution in [1.29, 1.82) is 0 Å². The normalized spacial score (nSPS) is 9.90. The van der Waals surface area contributed by atoms with Gasteiger partial charge in [0.1, 0.15) is 0 Å². The molecule has 104 valence electrons. The van der Waals surface area contributed by atoms with Gasteiger partial charge in [-0.15, -0.1) is 11.3 Å². The molecule has 2 aromatic heterocycles. The molecule has 0 atom stereocenters. The fourth-order valence-corrected chi connectivity index (χ4v) is 2.33. The average molecular weight is 289 g/mol. The fraction of sp³-hybridized carbons (Fsp3) is 0.286. The second-order valence-corrected chi connectivity index (χ2v) is 5.09. The molecule has 2 heterocycles. The maximum absolute atomic E-state index is 11.9. The van der Waals surface area contributed by atoms with E-state index in [4.69, 9.17) is 5.11 Å². The number of aromatic nitrogens is 2. The number of aliphatic hydroxyl groups excluding tert-OH is 1. The molecule has 2 N–H and O–H groups in total. The van der Waals surface area contributed by atoms with Crippen LogP contribution in [0.15, 0.2) is 23.8 Å². The first-order valence-electron chi connectivity index (χ1n) is 6.13. The van der Waals surface area contributed by atoms with Crippen molar-refractivity contribution >= 4 is 17.2 Å². The summed E-state index contributed by atoms with van der Waals surface area (Å²) in [4.78, 5) is 12.8. The molecule has 0 spiro atoms. The highest BCUT2D eigenvalue weighted by Crippen LogP contribution is 2.13. The van der Waals surface area contributed by atoms with Gasteiger partial charge in [0.05, 0.1) is 23.2 Å². The minimum atomic E-state index is -0.125. The number of hydrogen-bond donors (Lipinski definition) is 2. The molecule has 0 fully saturated rings. The van der Waals surface area contributed by atoms with Crippen molar-refractivity contribution in [1.82, 2.24) is 15.1 Å². The van der Waals surface area contributed by atoms with Gasteiger partial charge in [-0.2, -0.15) is 5.10 Å². The Morgan fingerprint density at radius 2 is 2.45 bits per heavy atom. The molecule has 0 saturated heterocycles. The van der Waals surface area contributed by atoms with Crippen LogP contribution in [0.4, 0.5) is 0 Å². The van der Waals surface area contributed by atoms with Crippen molar-refractivity contribution in [2.75, 3.05) is 6.61 Å². The summed E-state index contributed by atoms with van der Waals surface area (Å²) in [6.07, 6.45) is 4.03. The van der Waals surface area contributed by atoms with E-state index in [0.29, 0.717) is 18.5 Å². The van der Waals surface area contributed by atoms with Gasteiger partial charge in [0.25, 0.3) is 5.91 Å². The lowest BCUT2D eigenvalue weighted by Gasteiger charge is -2.00. The maximum Gasteiger partial charge on any atom is 0.252 e. The highest BCUT2D eigenvalue weighted by atomic mass is 32.1. The van der Waals surface area contributed by atoms with Crippen LogP contribution in [0, 0.1) is 11.8 Å². The number of nitrogens with zero attached hydrogens (tertiary/aromatic N) is 2. The van der Waals surface area contributed by atoms with Gasteiger partial charge in [0, 0.05) is 37.2 Å². The number of carbonyl (C=O) groups excluding carboxylic acids is 1. The van der Waals surface area contributed by atoms with Crippen molar-refractivity contribution in [2.24, 2.45) is 7.05 Å². The lowest BCUT2D eigenvalue weighted by Crippen LogP contribution is -2.21. The molecule has 2 rings (SSSR count). The number of rotatable bonds is 4. The largest absolute Gasteiger partial charge is 0.395 e. The highest BCUT2D eigenvalue weighted by Gasteiger charge is 2.08. The Morgan fingerprint density at radius 3 is 3.15 bits per heavy atom. The summed E-state index contributed by atoms with van der Waals surface area (Å²) in [6.45, 7) is 0.505.